The van der Waals surface area contributed by atoms with E-state index in [1.807, 2.05) is 49.5 Å². The Labute approximate surface area is 268 Å². The molecule has 3 aromatic rings. The molecule has 1 aliphatic carbocycles. The first-order valence-corrected chi connectivity index (χ1v) is 15.8. The molecule has 1 saturated heterocycles. The van der Waals surface area contributed by atoms with E-state index in [2.05, 4.69) is 26.2 Å². The number of rotatable bonds is 10. The molecule has 2 aliphatic heterocycles. The molecule has 10 nitrogen and oxygen atoms in total. The second-order valence-electron chi connectivity index (χ2n) is 12.4. The molecule has 3 aliphatic rings. The molecule has 1 saturated carbocycles. The third kappa shape index (κ3) is 6.67. The van der Waals surface area contributed by atoms with Gasteiger partial charge in [0.25, 0.3) is 0 Å². The number of pyridine rings is 1. The number of nitrogens with zero attached hydrogens (tertiary/aromatic N) is 8. The Morgan fingerprint density at radius 3 is 2.87 bits per heavy atom. The van der Waals surface area contributed by atoms with E-state index in [0.717, 1.165) is 33.5 Å². The molecule has 0 bridgehead atoms. The van der Waals surface area contributed by atoms with Crippen LogP contribution in [0.1, 0.15) is 31.0 Å². The minimum atomic E-state index is -1.08. The fourth-order valence-electron chi connectivity index (χ4n) is 6.53. The van der Waals surface area contributed by atoms with E-state index in [1.165, 1.54) is 6.08 Å². The average Bonchev–Trinajstić information content (AvgIpc) is 3.75. The topological polar surface area (TPSA) is 82.3 Å². The number of benzene rings is 1. The van der Waals surface area contributed by atoms with E-state index in [9.17, 15) is 9.18 Å². The molecule has 0 spiro atoms. The molecule has 0 N–H and O–H groups in total. The van der Waals surface area contributed by atoms with Crippen molar-refractivity contribution in [3.05, 3.63) is 70.9 Å². The SMILES string of the molecule is [C-]#[N+]C[C@H]1CN(c2nc(O[C@@H](C)CN(C)CC3(F)CC3)nc3c2CCN(c2cncc4cccc(Cl)c24)C3)CCN1C(=O)C=C. The number of anilines is 2. The summed E-state index contributed by atoms with van der Waals surface area (Å²) in [5.41, 5.74) is 1.73. The first-order valence-electron chi connectivity index (χ1n) is 15.4. The van der Waals surface area contributed by atoms with Crippen molar-refractivity contribution in [2.45, 2.75) is 50.5 Å². The highest BCUT2D eigenvalue weighted by Gasteiger charge is 2.44. The van der Waals surface area contributed by atoms with E-state index in [4.69, 9.17) is 32.9 Å². The molecular formula is C33H38ClFN8O2. The van der Waals surface area contributed by atoms with E-state index in [1.54, 1.807) is 4.90 Å². The maximum Gasteiger partial charge on any atom is 0.318 e. The largest absolute Gasteiger partial charge is 0.459 e. The fraction of sp³-hybridized carbons (Fsp3) is 0.485. The van der Waals surface area contributed by atoms with Gasteiger partial charge in [-0.1, -0.05) is 30.3 Å². The van der Waals surface area contributed by atoms with Crippen molar-refractivity contribution in [1.82, 2.24) is 24.8 Å². The predicted octanol–water partition coefficient (Wildman–Crippen LogP) is 4.56. The lowest BCUT2D eigenvalue weighted by Gasteiger charge is -2.41. The minimum Gasteiger partial charge on any atom is -0.459 e. The maximum atomic E-state index is 14.4. The number of aromatic nitrogens is 3. The van der Waals surface area contributed by atoms with E-state index < -0.39 is 5.67 Å². The zero-order valence-corrected chi connectivity index (χ0v) is 26.5. The molecule has 2 fully saturated rings. The molecule has 6 rings (SSSR count). The quantitative estimate of drug-likeness (QED) is 0.238. The van der Waals surface area contributed by atoms with Crippen molar-refractivity contribution >= 4 is 39.8 Å². The Kier molecular flexibility index (Phi) is 8.80. The highest BCUT2D eigenvalue weighted by atomic mass is 35.5. The number of piperazine rings is 1. The third-order valence-corrected chi connectivity index (χ3v) is 9.15. The normalized spacial score (nSPS) is 19.6. The summed E-state index contributed by atoms with van der Waals surface area (Å²) in [5, 5.41) is 2.58. The van der Waals surface area contributed by atoms with Gasteiger partial charge in [-0.15, -0.1) is 0 Å². The zero-order chi connectivity index (χ0) is 31.7. The summed E-state index contributed by atoms with van der Waals surface area (Å²) < 4.78 is 20.7. The van der Waals surface area contributed by atoms with Gasteiger partial charge in [0.15, 0.2) is 0 Å². The van der Waals surface area contributed by atoms with Gasteiger partial charge in [-0.25, -0.2) is 11.0 Å². The first kappa shape index (κ1) is 31.0. The van der Waals surface area contributed by atoms with Crippen LogP contribution >= 0.6 is 11.6 Å². The van der Waals surface area contributed by atoms with Crippen molar-refractivity contribution < 1.29 is 13.9 Å². The van der Waals surface area contributed by atoms with Crippen molar-refractivity contribution in [3.8, 4) is 6.01 Å². The summed E-state index contributed by atoms with van der Waals surface area (Å²) in [6.45, 7) is 16.9. The molecule has 0 unspecified atom stereocenters. The summed E-state index contributed by atoms with van der Waals surface area (Å²) in [6.07, 6.45) is 6.59. The third-order valence-electron chi connectivity index (χ3n) is 8.84. The summed E-state index contributed by atoms with van der Waals surface area (Å²) in [6, 6.07) is 5.78. The van der Waals surface area contributed by atoms with Crippen molar-refractivity contribution in [3.63, 3.8) is 0 Å². The van der Waals surface area contributed by atoms with Crippen LogP contribution in [0.3, 0.4) is 0 Å². The number of hydrogen-bond acceptors (Lipinski definition) is 8. The molecule has 0 radical (unpaired) electrons. The zero-order valence-electron chi connectivity index (χ0n) is 25.8. The molecule has 2 aromatic heterocycles. The number of amides is 1. The van der Waals surface area contributed by atoms with Gasteiger partial charge in [0.1, 0.15) is 23.6 Å². The van der Waals surface area contributed by atoms with E-state index in [-0.39, 0.29) is 30.6 Å². The fourth-order valence-corrected chi connectivity index (χ4v) is 6.81. The molecule has 2 atom stereocenters. The number of fused-ring (bicyclic) bond motifs is 2. The van der Waals surface area contributed by atoms with Crippen LogP contribution in [0, 0.1) is 6.57 Å². The Morgan fingerprint density at radius 1 is 1.29 bits per heavy atom. The summed E-state index contributed by atoms with van der Waals surface area (Å²) in [7, 11) is 1.90. The summed E-state index contributed by atoms with van der Waals surface area (Å²) in [5.74, 6) is 0.597. The van der Waals surface area contributed by atoms with Crippen LogP contribution in [0.5, 0.6) is 6.01 Å². The van der Waals surface area contributed by atoms with Crippen molar-refractivity contribution in [2.75, 3.05) is 62.7 Å². The molecule has 236 valence electrons. The van der Waals surface area contributed by atoms with Crippen molar-refractivity contribution in [1.29, 1.82) is 0 Å². The Bertz CT molecular complexity index is 1640. The van der Waals surface area contributed by atoms with Crippen molar-refractivity contribution in [2.24, 2.45) is 0 Å². The standard InChI is InChI=1S/C33H38ClFN8O2/c1-5-29(44)43-14-13-42(19-24(43)16-36-3)31-25-9-12-41(28-17-37-15-23-7-6-8-26(34)30(23)28)20-27(25)38-32(39-31)45-22(2)18-40(4)21-33(35)10-11-33/h5-8,15,17,22,24H,1,9-14,16,18-21H2,2,4H3/t22-,24-/m0/s1. The van der Waals surface area contributed by atoms with Crippen LogP contribution in [0.15, 0.2) is 43.2 Å². The predicted molar refractivity (Wildman–Crippen MR) is 174 cm³/mol. The van der Waals surface area contributed by atoms with E-state index in [0.29, 0.717) is 70.1 Å². The Morgan fingerprint density at radius 2 is 2.11 bits per heavy atom. The van der Waals surface area contributed by atoms with Gasteiger partial charge in [-0.3, -0.25) is 14.7 Å². The molecule has 1 aromatic carbocycles. The number of hydrogen-bond donors (Lipinski definition) is 0. The van der Waals surface area contributed by atoms with Gasteiger partial charge < -0.3 is 24.3 Å². The van der Waals surface area contributed by atoms with E-state index >= 15 is 0 Å². The second kappa shape index (κ2) is 12.8. The lowest BCUT2D eigenvalue weighted by Crippen LogP contribution is -2.56. The number of carbonyl (C=O) groups excluding carboxylic acids is 1. The van der Waals surface area contributed by atoms with Gasteiger partial charge in [-0.05, 0) is 45.4 Å². The number of carbonyl (C=O) groups is 1. The Balaban J connectivity index is 1.31. The molecule has 1 amide bonds. The van der Waals surface area contributed by atoms with Crippen LogP contribution in [-0.2, 0) is 17.8 Å². The molecule has 45 heavy (non-hydrogen) atoms. The molecule has 4 heterocycles. The molecular weight excluding hydrogens is 595 g/mol. The smallest absolute Gasteiger partial charge is 0.318 e. The maximum absolute atomic E-state index is 14.4. The highest BCUT2D eigenvalue weighted by Crippen LogP contribution is 2.40. The number of likely N-dealkylation sites (N-methyl/N-ethyl adjacent to an activating group) is 1. The first-order chi connectivity index (χ1) is 21.7. The van der Waals surface area contributed by atoms with Crippen LogP contribution in [0.2, 0.25) is 5.02 Å². The van der Waals surface area contributed by atoms with Crippen LogP contribution < -0.4 is 14.5 Å². The monoisotopic (exact) mass is 632 g/mol. The molecule has 12 heteroatoms. The lowest BCUT2D eigenvalue weighted by atomic mass is 10.0. The van der Waals surface area contributed by atoms with Crippen LogP contribution in [-0.4, -0.2) is 101 Å². The van der Waals surface area contributed by atoms with Gasteiger partial charge in [0, 0.05) is 61.8 Å². The van der Waals surface area contributed by atoms with Crippen LogP contribution in [0.25, 0.3) is 15.6 Å². The Hall–Kier alpha value is -4.01. The van der Waals surface area contributed by atoms with Gasteiger partial charge >= 0.3 is 6.01 Å². The number of halogens is 2. The van der Waals surface area contributed by atoms with Gasteiger partial charge in [-0.2, -0.15) is 9.97 Å². The average molecular weight is 633 g/mol. The second-order valence-corrected chi connectivity index (χ2v) is 12.8. The number of ether oxygens (including phenoxy) is 1. The van der Waals surface area contributed by atoms with Gasteiger partial charge in [0.2, 0.25) is 12.5 Å². The number of alkyl halides is 1. The minimum absolute atomic E-state index is 0.172. The van der Waals surface area contributed by atoms with Crippen LogP contribution in [0.4, 0.5) is 15.9 Å². The van der Waals surface area contributed by atoms with Gasteiger partial charge in [0.05, 0.1) is 29.1 Å². The lowest BCUT2D eigenvalue weighted by molar-refractivity contribution is -0.128. The summed E-state index contributed by atoms with van der Waals surface area (Å²) >= 11 is 6.67. The highest BCUT2D eigenvalue weighted by molar-refractivity contribution is 6.36. The summed E-state index contributed by atoms with van der Waals surface area (Å²) in [4.78, 5) is 38.6.